The molecule has 3 rings (SSSR count). The first-order valence-corrected chi connectivity index (χ1v) is 7.01. The van der Waals surface area contributed by atoms with Gasteiger partial charge in [-0.2, -0.15) is 0 Å². The fourth-order valence-corrected chi connectivity index (χ4v) is 2.30. The number of amides is 1. The maximum absolute atomic E-state index is 12.2. The largest absolute Gasteiger partial charge is 0.496 e. The Kier molecular flexibility index (Phi) is 4.05. The lowest BCUT2D eigenvalue weighted by atomic mass is 10.1. The van der Waals surface area contributed by atoms with Gasteiger partial charge in [0.25, 0.3) is 5.91 Å². The predicted octanol–water partition coefficient (Wildman–Crippen LogP) is 2.81. The number of hydrogen-bond donors (Lipinski definition) is 1. The average molecular weight is 296 g/mol. The molecule has 0 aliphatic heterocycles. The lowest BCUT2D eigenvalue weighted by Crippen LogP contribution is -2.26. The second-order valence-corrected chi connectivity index (χ2v) is 4.86. The van der Waals surface area contributed by atoms with Crippen LogP contribution in [0, 0.1) is 0 Å². The highest BCUT2D eigenvalue weighted by molar-refractivity contribution is 5.96. The van der Waals surface area contributed by atoms with Crippen LogP contribution in [0.4, 0.5) is 0 Å². The number of aromatic nitrogens is 1. The molecule has 1 aromatic heterocycles. The molecule has 0 saturated heterocycles. The van der Waals surface area contributed by atoms with Crippen molar-refractivity contribution < 1.29 is 13.9 Å². The van der Waals surface area contributed by atoms with E-state index >= 15 is 0 Å². The van der Waals surface area contributed by atoms with E-state index in [2.05, 4.69) is 10.3 Å². The van der Waals surface area contributed by atoms with Gasteiger partial charge in [0.15, 0.2) is 12.0 Å². The molecule has 5 heteroatoms. The molecule has 1 N–H and O–H groups in total. The van der Waals surface area contributed by atoms with Gasteiger partial charge in [-0.3, -0.25) is 4.79 Å². The van der Waals surface area contributed by atoms with Crippen molar-refractivity contribution in [3.63, 3.8) is 0 Å². The third-order valence-electron chi connectivity index (χ3n) is 3.45. The molecule has 2 aromatic carbocycles. The zero-order valence-electron chi connectivity index (χ0n) is 12.2. The molecule has 0 unspecified atom stereocenters. The van der Waals surface area contributed by atoms with E-state index in [0.717, 1.165) is 23.1 Å². The van der Waals surface area contributed by atoms with Gasteiger partial charge in [0.05, 0.1) is 12.7 Å². The fourth-order valence-electron chi connectivity index (χ4n) is 2.30. The smallest absolute Gasteiger partial charge is 0.255 e. The topological polar surface area (TPSA) is 64.4 Å². The Morgan fingerprint density at radius 3 is 3.00 bits per heavy atom. The van der Waals surface area contributed by atoms with Gasteiger partial charge in [-0.25, -0.2) is 4.98 Å². The van der Waals surface area contributed by atoms with E-state index in [1.807, 2.05) is 30.3 Å². The maximum Gasteiger partial charge on any atom is 0.255 e. The summed E-state index contributed by atoms with van der Waals surface area (Å²) in [6, 6.07) is 13.0. The third kappa shape index (κ3) is 2.93. The number of carbonyl (C=O) groups is 1. The second kappa shape index (κ2) is 6.30. The highest BCUT2D eigenvalue weighted by atomic mass is 16.5. The Balaban J connectivity index is 1.61. The van der Waals surface area contributed by atoms with Crippen LogP contribution in [0.5, 0.6) is 5.75 Å². The maximum atomic E-state index is 12.2. The molecule has 22 heavy (non-hydrogen) atoms. The summed E-state index contributed by atoms with van der Waals surface area (Å²) >= 11 is 0. The number of oxazole rings is 1. The third-order valence-corrected chi connectivity index (χ3v) is 3.45. The zero-order chi connectivity index (χ0) is 15.4. The van der Waals surface area contributed by atoms with Gasteiger partial charge < -0.3 is 14.5 Å². The summed E-state index contributed by atoms with van der Waals surface area (Å²) in [4.78, 5) is 16.2. The average Bonchev–Trinajstić information content (AvgIpc) is 3.02. The first-order chi connectivity index (χ1) is 10.8. The van der Waals surface area contributed by atoms with Crippen LogP contribution in [-0.2, 0) is 6.42 Å². The van der Waals surface area contributed by atoms with Crippen LogP contribution in [0.1, 0.15) is 15.9 Å². The minimum Gasteiger partial charge on any atom is -0.496 e. The lowest BCUT2D eigenvalue weighted by molar-refractivity contribution is 0.0951. The van der Waals surface area contributed by atoms with Crippen molar-refractivity contribution in [2.75, 3.05) is 13.7 Å². The first-order valence-electron chi connectivity index (χ1n) is 7.01. The van der Waals surface area contributed by atoms with Crippen molar-refractivity contribution in [3.8, 4) is 5.75 Å². The predicted molar refractivity (Wildman–Crippen MR) is 83.0 cm³/mol. The fraction of sp³-hybridized carbons (Fsp3) is 0.176. The summed E-state index contributed by atoms with van der Waals surface area (Å²) in [6.07, 6.45) is 2.15. The Morgan fingerprint density at radius 1 is 1.27 bits per heavy atom. The number of para-hydroxylation sites is 1. The Bertz CT molecular complexity index is 795. The summed E-state index contributed by atoms with van der Waals surface area (Å²) in [7, 11) is 1.55. The number of benzene rings is 2. The van der Waals surface area contributed by atoms with Crippen molar-refractivity contribution in [1.82, 2.24) is 10.3 Å². The summed E-state index contributed by atoms with van der Waals surface area (Å²) in [5.41, 5.74) is 3.22. The molecule has 3 aromatic rings. The van der Waals surface area contributed by atoms with Gasteiger partial charge in [-0.05, 0) is 36.2 Å². The van der Waals surface area contributed by atoms with Crippen LogP contribution in [0.3, 0.4) is 0 Å². The SMILES string of the molecule is COc1ccccc1C(=O)NCCc1ccc2ncoc2c1. The standard InChI is InChI=1S/C17H16N2O3/c1-21-15-5-3-2-4-13(15)17(20)18-9-8-12-6-7-14-16(10-12)22-11-19-14/h2-7,10-11H,8-9H2,1H3,(H,18,20). The summed E-state index contributed by atoms with van der Waals surface area (Å²) in [5, 5.41) is 2.90. The molecule has 0 spiro atoms. The van der Waals surface area contributed by atoms with Crippen LogP contribution >= 0.6 is 0 Å². The van der Waals surface area contributed by atoms with Crippen LogP contribution < -0.4 is 10.1 Å². The quantitative estimate of drug-likeness (QED) is 0.786. The molecule has 0 bridgehead atoms. The normalized spacial score (nSPS) is 10.6. The van der Waals surface area contributed by atoms with Gasteiger partial charge in [0, 0.05) is 6.54 Å². The molecular weight excluding hydrogens is 280 g/mol. The molecule has 0 fully saturated rings. The number of nitrogens with one attached hydrogen (secondary N) is 1. The number of carbonyl (C=O) groups excluding carboxylic acids is 1. The highest BCUT2D eigenvalue weighted by Gasteiger charge is 2.10. The first kappa shape index (κ1) is 14.1. The van der Waals surface area contributed by atoms with Crippen molar-refractivity contribution in [2.24, 2.45) is 0 Å². The number of nitrogens with zero attached hydrogens (tertiary/aromatic N) is 1. The molecule has 0 saturated carbocycles. The van der Waals surface area contributed by atoms with E-state index in [4.69, 9.17) is 9.15 Å². The van der Waals surface area contributed by atoms with Crippen molar-refractivity contribution in [1.29, 1.82) is 0 Å². The van der Waals surface area contributed by atoms with Crippen molar-refractivity contribution in [3.05, 3.63) is 60.0 Å². The molecule has 5 nitrogen and oxygen atoms in total. The summed E-state index contributed by atoms with van der Waals surface area (Å²) in [5.74, 6) is 0.432. The molecule has 0 aliphatic rings. The molecule has 112 valence electrons. The molecular formula is C17H16N2O3. The number of fused-ring (bicyclic) bond motifs is 1. The Morgan fingerprint density at radius 2 is 2.14 bits per heavy atom. The number of hydrogen-bond acceptors (Lipinski definition) is 4. The van der Waals surface area contributed by atoms with Gasteiger partial charge in [0.2, 0.25) is 0 Å². The molecule has 0 atom stereocenters. The van der Waals surface area contributed by atoms with Crippen molar-refractivity contribution >= 4 is 17.0 Å². The molecule has 1 amide bonds. The Labute approximate surface area is 127 Å². The molecule has 0 radical (unpaired) electrons. The van der Waals surface area contributed by atoms with Crippen LogP contribution in [-0.4, -0.2) is 24.5 Å². The highest BCUT2D eigenvalue weighted by Crippen LogP contribution is 2.17. The van der Waals surface area contributed by atoms with Crippen LogP contribution in [0.15, 0.2) is 53.3 Å². The van der Waals surface area contributed by atoms with Gasteiger partial charge >= 0.3 is 0 Å². The molecule has 0 aliphatic carbocycles. The minimum absolute atomic E-state index is 0.141. The summed E-state index contributed by atoms with van der Waals surface area (Å²) < 4.78 is 10.5. The second-order valence-electron chi connectivity index (χ2n) is 4.86. The summed E-state index contributed by atoms with van der Waals surface area (Å²) in [6.45, 7) is 0.538. The van der Waals surface area contributed by atoms with E-state index in [0.29, 0.717) is 17.9 Å². The number of methoxy groups -OCH3 is 1. The van der Waals surface area contributed by atoms with Crippen molar-refractivity contribution in [2.45, 2.75) is 6.42 Å². The zero-order valence-corrected chi connectivity index (χ0v) is 12.2. The van der Waals surface area contributed by atoms with Gasteiger partial charge in [-0.1, -0.05) is 18.2 Å². The van der Waals surface area contributed by atoms with E-state index < -0.39 is 0 Å². The molecule has 1 heterocycles. The monoisotopic (exact) mass is 296 g/mol. The number of rotatable bonds is 5. The lowest BCUT2D eigenvalue weighted by Gasteiger charge is -2.09. The van der Waals surface area contributed by atoms with Crippen LogP contribution in [0.25, 0.3) is 11.1 Å². The van der Waals surface area contributed by atoms with Gasteiger partial charge in [-0.15, -0.1) is 0 Å². The van der Waals surface area contributed by atoms with Crippen LogP contribution in [0.2, 0.25) is 0 Å². The van der Waals surface area contributed by atoms with E-state index in [9.17, 15) is 4.79 Å². The van der Waals surface area contributed by atoms with E-state index in [1.165, 1.54) is 6.39 Å². The Hall–Kier alpha value is -2.82. The number of ether oxygens (including phenoxy) is 1. The minimum atomic E-state index is -0.141. The van der Waals surface area contributed by atoms with E-state index in [-0.39, 0.29) is 5.91 Å². The van der Waals surface area contributed by atoms with E-state index in [1.54, 1.807) is 19.2 Å². The van der Waals surface area contributed by atoms with Gasteiger partial charge in [0.1, 0.15) is 11.3 Å².